The van der Waals surface area contributed by atoms with E-state index in [-0.39, 0.29) is 12.4 Å². The van der Waals surface area contributed by atoms with Crippen molar-refractivity contribution in [1.29, 1.82) is 0 Å². The lowest BCUT2D eigenvalue weighted by atomic mass is 10.0. The van der Waals surface area contributed by atoms with Crippen molar-refractivity contribution in [1.82, 2.24) is 35.3 Å². The van der Waals surface area contributed by atoms with Gasteiger partial charge in [-0.3, -0.25) is 5.10 Å². The molecule has 4 heterocycles. The maximum Gasteiger partial charge on any atom is 0.263 e. The number of hydrogen-bond donors (Lipinski definition) is 3. The van der Waals surface area contributed by atoms with Crippen LogP contribution in [0, 0.1) is 5.82 Å². The smallest absolute Gasteiger partial charge is 0.263 e. The van der Waals surface area contributed by atoms with E-state index in [1.54, 1.807) is 24.7 Å². The van der Waals surface area contributed by atoms with Crippen LogP contribution in [0.4, 0.5) is 10.3 Å². The Morgan fingerprint density at radius 2 is 2.10 bits per heavy atom. The van der Waals surface area contributed by atoms with Gasteiger partial charge in [-0.15, -0.1) is 0 Å². The number of imidazole rings is 1. The van der Waals surface area contributed by atoms with E-state index in [1.807, 2.05) is 12.1 Å². The molecule has 0 amide bonds. The predicted octanol–water partition coefficient (Wildman–Crippen LogP) is 4.03. The van der Waals surface area contributed by atoms with Crippen molar-refractivity contribution in [2.75, 3.05) is 5.32 Å². The van der Waals surface area contributed by atoms with Gasteiger partial charge in [0.15, 0.2) is 5.65 Å². The average molecular weight is 416 g/mol. The highest BCUT2D eigenvalue weighted by molar-refractivity contribution is 5.91. The van der Waals surface area contributed by atoms with Gasteiger partial charge in [0.25, 0.3) is 5.95 Å². The summed E-state index contributed by atoms with van der Waals surface area (Å²) in [6.45, 7) is 0.260. The van der Waals surface area contributed by atoms with Crippen LogP contribution in [0.1, 0.15) is 30.2 Å². The molecule has 1 aromatic carbocycles. The van der Waals surface area contributed by atoms with Crippen molar-refractivity contribution in [2.45, 2.75) is 25.3 Å². The molecule has 5 aromatic rings. The fraction of sp³-hybridized carbons (Fsp3) is 0.190. The number of H-pyrrole nitrogens is 2. The Hall–Kier alpha value is -4.08. The molecule has 0 bridgehead atoms. The van der Waals surface area contributed by atoms with Gasteiger partial charge in [-0.05, 0) is 35.7 Å². The maximum atomic E-state index is 14.9. The molecule has 1 aliphatic rings. The minimum absolute atomic E-state index is 0.260. The zero-order chi connectivity index (χ0) is 20.8. The summed E-state index contributed by atoms with van der Waals surface area (Å²) in [4.78, 5) is 16.4. The minimum Gasteiger partial charge on any atom is -0.347 e. The van der Waals surface area contributed by atoms with Crippen LogP contribution in [-0.2, 0) is 6.54 Å². The standard InChI is InChI=1S/C21H17FN8O/c22-16-7-12(3-4-13(16)8-24-21-29-20(31-30-21)11-1-2-11)15-5-6-23-19-17(15)27-18(28-19)14-9-25-26-10-14/h3-7,9-11H,1-2,8H2,(H,24,30)(H,25,26)(H,23,27,28). The number of benzene rings is 1. The Morgan fingerprint density at radius 1 is 1.16 bits per heavy atom. The van der Waals surface area contributed by atoms with E-state index >= 15 is 0 Å². The molecule has 0 saturated heterocycles. The summed E-state index contributed by atoms with van der Waals surface area (Å²) in [5.41, 5.74) is 4.18. The molecule has 6 rings (SSSR count). The summed E-state index contributed by atoms with van der Waals surface area (Å²) >= 11 is 0. The van der Waals surface area contributed by atoms with Crippen LogP contribution >= 0.6 is 0 Å². The van der Waals surface area contributed by atoms with Gasteiger partial charge >= 0.3 is 0 Å². The first-order valence-corrected chi connectivity index (χ1v) is 9.95. The normalized spacial score (nSPS) is 13.7. The third-order valence-electron chi connectivity index (χ3n) is 5.33. The van der Waals surface area contributed by atoms with Gasteiger partial charge in [0, 0.05) is 36.0 Å². The zero-order valence-corrected chi connectivity index (χ0v) is 16.3. The Balaban J connectivity index is 1.26. The number of nitrogens with one attached hydrogen (secondary N) is 3. The van der Waals surface area contributed by atoms with Gasteiger partial charge in [0.1, 0.15) is 11.6 Å². The number of aromatic amines is 2. The van der Waals surface area contributed by atoms with E-state index in [1.165, 1.54) is 6.07 Å². The van der Waals surface area contributed by atoms with Gasteiger partial charge in [0.05, 0.1) is 17.3 Å². The van der Waals surface area contributed by atoms with Crippen molar-refractivity contribution in [3.63, 3.8) is 0 Å². The van der Waals surface area contributed by atoms with Crippen LogP contribution in [0.5, 0.6) is 0 Å². The number of halogens is 1. The highest BCUT2D eigenvalue weighted by atomic mass is 19.1. The molecule has 1 aliphatic carbocycles. The topological polar surface area (TPSA) is 121 Å². The molecule has 31 heavy (non-hydrogen) atoms. The molecule has 3 N–H and O–H groups in total. The summed E-state index contributed by atoms with van der Waals surface area (Å²) < 4.78 is 20.1. The lowest BCUT2D eigenvalue weighted by Crippen LogP contribution is -2.03. The van der Waals surface area contributed by atoms with E-state index in [0.717, 1.165) is 35.0 Å². The fourth-order valence-corrected chi connectivity index (χ4v) is 3.50. The summed E-state index contributed by atoms with van der Waals surface area (Å²) in [6, 6.07) is 6.97. The molecule has 154 valence electrons. The number of pyridine rings is 1. The second kappa shape index (κ2) is 7.01. The molecule has 1 saturated carbocycles. The van der Waals surface area contributed by atoms with Crippen LogP contribution in [0.2, 0.25) is 0 Å². The van der Waals surface area contributed by atoms with E-state index in [4.69, 9.17) is 4.52 Å². The van der Waals surface area contributed by atoms with Crippen molar-refractivity contribution in [3.8, 4) is 22.5 Å². The molecule has 10 heteroatoms. The summed E-state index contributed by atoms with van der Waals surface area (Å²) in [6.07, 6.45) is 7.25. The second-order valence-electron chi connectivity index (χ2n) is 7.52. The van der Waals surface area contributed by atoms with Crippen LogP contribution in [0.3, 0.4) is 0 Å². The summed E-state index contributed by atoms with van der Waals surface area (Å²) in [7, 11) is 0. The largest absolute Gasteiger partial charge is 0.347 e. The average Bonchev–Trinajstić information content (AvgIpc) is 3.20. The lowest BCUT2D eigenvalue weighted by Gasteiger charge is -2.07. The molecule has 1 fully saturated rings. The molecular weight excluding hydrogens is 399 g/mol. The van der Waals surface area contributed by atoms with E-state index in [9.17, 15) is 4.39 Å². The van der Waals surface area contributed by atoms with Crippen molar-refractivity contribution in [3.05, 3.63) is 60.1 Å². The Morgan fingerprint density at radius 3 is 2.90 bits per heavy atom. The fourth-order valence-electron chi connectivity index (χ4n) is 3.50. The van der Waals surface area contributed by atoms with Crippen LogP contribution in [0.15, 0.2) is 47.4 Å². The van der Waals surface area contributed by atoms with Crippen LogP contribution in [-0.4, -0.2) is 35.3 Å². The van der Waals surface area contributed by atoms with Gasteiger partial charge < -0.3 is 14.8 Å². The minimum atomic E-state index is -0.324. The summed E-state index contributed by atoms with van der Waals surface area (Å²) in [5.74, 6) is 1.73. The van der Waals surface area contributed by atoms with Gasteiger partial charge in [-0.2, -0.15) is 10.1 Å². The van der Waals surface area contributed by atoms with Gasteiger partial charge in [-0.25, -0.2) is 14.4 Å². The van der Waals surface area contributed by atoms with E-state index in [0.29, 0.717) is 34.8 Å². The number of rotatable bonds is 6. The van der Waals surface area contributed by atoms with Gasteiger partial charge in [0.2, 0.25) is 5.89 Å². The third kappa shape index (κ3) is 3.31. The van der Waals surface area contributed by atoms with Crippen LogP contribution in [0.25, 0.3) is 33.7 Å². The second-order valence-corrected chi connectivity index (χ2v) is 7.52. The highest BCUT2D eigenvalue weighted by Gasteiger charge is 2.29. The van der Waals surface area contributed by atoms with E-state index < -0.39 is 0 Å². The monoisotopic (exact) mass is 416 g/mol. The van der Waals surface area contributed by atoms with Crippen molar-refractivity contribution in [2.24, 2.45) is 0 Å². The molecule has 9 nitrogen and oxygen atoms in total. The van der Waals surface area contributed by atoms with Crippen molar-refractivity contribution >= 4 is 17.1 Å². The Labute approximate surface area is 175 Å². The molecule has 4 aromatic heterocycles. The molecular formula is C21H17FN8O. The highest BCUT2D eigenvalue weighted by Crippen LogP contribution is 2.39. The Bertz CT molecular complexity index is 1370. The number of nitrogens with zero attached hydrogens (tertiary/aromatic N) is 5. The Kier molecular flexibility index (Phi) is 4.01. The first-order chi connectivity index (χ1) is 15.2. The molecule has 0 radical (unpaired) electrons. The molecule has 0 unspecified atom stereocenters. The number of anilines is 1. The summed E-state index contributed by atoms with van der Waals surface area (Å²) in [5, 5.41) is 13.6. The number of fused-ring (bicyclic) bond motifs is 1. The first kappa shape index (κ1) is 17.8. The molecule has 0 atom stereocenters. The third-order valence-corrected chi connectivity index (χ3v) is 5.33. The van der Waals surface area contributed by atoms with Gasteiger partial charge in [-0.1, -0.05) is 12.1 Å². The number of aromatic nitrogens is 7. The molecule has 0 spiro atoms. The van der Waals surface area contributed by atoms with Crippen LogP contribution < -0.4 is 5.32 Å². The number of hydrogen-bond acceptors (Lipinski definition) is 7. The first-order valence-electron chi connectivity index (χ1n) is 9.95. The molecule has 0 aliphatic heterocycles. The van der Waals surface area contributed by atoms with Crippen molar-refractivity contribution < 1.29 is 8.91 Å². The quantitative estimate of drug-likeness (QED) is 0.382. The zero-order valence-electron chi connectivity index (χ0n) is 16.3. The maximum absolute atomic E-state index is 14.9. The SMILES string of the molecule is Fc1cc(-c2ccnc3nc(-c4cn[nH]c4)[nH]c23)ccc1CNc1noc(C2CC2)n1. The lowest BCUT2D eigenvalue weighted by molar-refractivity contribution is 0.380. The predicted molar refractivity (Wildman–Crippen MR) is 110 cm³/mol. The van der Waals surface area contributed by atoms with E-state index in [2.05, 4.69) is 40.6 Å².